The summed E-state index contributed by atoms with van der Waals surface area (Å²) in [7, 11) is 0. The van der Waals surface area contributed by atoms with E-state index >= 15 is 0 Å². The van der Waals surface area contributed by atoms with Crippen molar-refractivity contribution >= 4 is 16.8 Å². The van der Waals surface area contributed by atoms with Crippen molar-refractivity contribution in [1.82, 2.24) is 0 Å². The molecule has 0 aliphatic rings. The van der Waals surface area contributed by atoms with Gasteiger partial charge in [0.15, 0.2) is 0 Å². The molecule has 1 aromatic rings. The van der Waals surface area contributed by atoms with Crippen molar-refractivity contribution in [3.05, 3.63) is 29.6 Å². The Morgan fingerprint density at radius 2 is 1.93 bits per heavy atom. The lowest BCUT2D eigenvalue weighted by Gasteiger charge is -2.10. The molecule has 0 aliphatic heterocycles. The van der Waals surface area contributed by atoms with Gasteiger partial charge in [0, 0.05) is 0 Å². The third-order valence-electron chi connectivity index (χ3n) is 1.38. The zero-order chi connectivity index (χ0) is 11.6. The normalized spacial score (nSPS) is 11.3. The minimum absolute atomic E-state index is 0.566. The van der Waals surface area contributed by atoms with Crippen LogP contribution in [0.1, 0.15) is 10.4 Å². The highest BCUT2D eigenvalue weighted by Gasteiger charge is 2.32. The van der Waals surface area contributed by atoms with Crippen LogP contribution in [0.2, 0.25) is 0 Å². The molecule has 0 radical (unpaired) electrons. The largest absolute Gasteiger partial charge is 0.573 e. The van der Waals surface area contributed by atoms with Crippen molar-refractivity contribution < 1.29 is 27.1 Å². The topological polar surface area (TPSA) is 26.3 Å². The molecule has 0 atom stereocenters. The molecule has 0 amide bonds. The number of carbonyl (C=O) groups excluding carboxylic acids is 1. The zero-order valence-corrected chi connectivity index (χ0v) is 7.69. The van der Waals surface area contributed by atoms with E-state index < -0.39 is 28.7 Å². The van der Waals surface area contributed by atoms with Crippen LogP contribution in [0, 0.1) is 5.82 Å². The van der Waals surface area contributed by atoms with Crippen molar-refractivity contribution in [3.63, 3.8) is 0 Å². The maximum atomic E-state index is 12.6. The Morgan fingerprint density at radius 3 is 2.40 bits per heavy atom. The van der Waals surface area contributed by atoms with Crippen LogP contribution < -0.4 is 4.74 Å². The van der Waals surface area contributed by atoms with Gasteiger partial charge >= 0.3 is 6.36 Å². The minimum atomic E-state index is -4.96. The third kappa shape index (κ3) is 3.39. The number of benzene rings is 1. The first-order valence-electron chi connectivity index (χ1n) is 3.55. The predicted molar refractivity (Wildman–Crippen MR) is 43.3 cm³/mol. The van der Waals surface area contributed by atoms with Crippen molar-refractivity contribution in [2.45, 2.75) is 6.36 Å². The van der Waals surface area contributed by atoms with E-state index in [-0.39, 0.29) is 0 Å². The van der Waals surface area contributed by atoms with Gasteiger partial charge in [-0.05, 0) is 29.8 Å². The predicted octanol–water partition coefficient (Wildman–Crippen LogP) is 3.10. The first-order chi connectivity index (χ1) is 6.79. The summed E-state index contributed by atoms with van der Waals surface area (Å²) in [6.45, 7) is 0. The van der Waals surface area contributed by atoms with Crippen LogP contribution in [-0.4, -0.2) is 11.6 Å². The molecule has 1 aromatic carbocycles. The summed E-state index contributed by atoms with van der Waals surface area (Å²) in [4.78, 5) is 10.7. The molecule has 0 saturated carbocycles. The molecule has 0 N–H and O–H groups in total. The Balaban J connectivity index is 3.12. The fraction of sp³-hybridized carbons (Fsp3) is 0.125. The maximum Gasteiger partial charge on any atom is 0.573 e. The molecule has 0 aromatic heterocycles. The van der Waals surface area contributed by atoms with E-state index in [4.69, 9.17) is 11.6 Å². The van der Waals surface area contributed by atoms with Crippen molar-refractivity contribution in [2.75, 3.05) is 0 Å². The van der Waals surface area contributed by atoms with Gasteiger partial charge in [-0.3, -0.25) is 4.79 Å². The summed E-state index contributed by atoms with van der Waals surface area (Å²) in [5.74, 6) is -1.71. The maximum absolute atomic E-state index is 12.6. The highest BCUT2D eigenvalue weighted by molar-refractivity contribution is 6.68. The third-order valence-corrected chi connectivity index (χ3v) is 1.58. The number of rotatable bonds is 2. The fourth-order valence-corrected chi connectivity index (χ4v) is 1.02. The van der Waals surface area contributed by atoms with Crippen LogP contribution in [0.4, 0.5) is 17.6 Å². The number of hydrogen-bond acceptors (Lipinski definition) is 2. The molecule has 1 rings (SSSR count). The number of ether oxygens (including phenoxy) is 1. The Hall–Kier alpha value is -1.30. The molecule has 82 valence electrons. The summed E-state index contributed by atoms with van der Waals surface area (Å²) in [6.07, 6.45) is -4.96. The SMILES string of the molecule is O=C(Cl)c1cc(F)ccc1OC(F)(F)F. The first-order valence-corrected chi connectivity index (χ1v) is 3.92. The van der Waals surface area contributed by atoms with E-state index in [9.17, 15) is 22.4 Å². The Labute approximate surface area is 86.4 Å². The molecule has 0 spiro atoms. The van der Waals surface area contributed by atoms with Crippen LogP contribution in [0.25, 0.3) is 0 Å². The number of alkyl halides is 3. The summed E-state index contributed by atoms with van der Waals surface area (Å²) in [5.41, 5.74) is -0.672. The standard InChI is InChI=1S/C8H3ClF4O2/c9-7(14)5-3-4(10)1-2-6(5)15-8(11,12)13/h1-3H. The Bertz CT molecular complexity index is 389. The van der Waals surface area contributed by atoms with E-state index in [0.29, 0.717) is 12.1 Å². The summed E-state index contributed by atoms with van der Waals surface area (Å²) < 4.78 is 51.5. The van der Waals surface area contributed by atoms with Crippen LogP contribution in [0.5, 0.6) is 5.75 Å². The minimum Gasteiger partial charge on any atom is -0.405 e. The van der Waals surface area contributed by atoms with Crippen molar-refractivity contribution in [3.8, 4) is 5.75 Å². The van der Waals surface area contributed by atoms with Crippen LogP contribution in [-0.2, 0) is 0 Å². The molecule has 7 heteroatoms. The lowest BCUT2D eigenvalue weighted by Crippen LogP contribution is -2.18. The van der Waals surface area contributed by atoms with Crippen LogP contribution in [0.15, 0.2) is 18.2 Å². The van der Waals surface area contributed by atoms with E-state index in [2.05, 4.69) is 4.74 Å². The number of carbonyl (C=O) groups is 1. The van der Waals surface area contributed by atoms with E-state index in [1.807, 2.05) is 0 Å². The van der Waals surface area contributed by atoms with Gasteiger partial charge in [0.25, 0.3) is 5.24 Å². The van der Waals surface area contributed by atoms with Crippen LogP contribution >= 0.6 is 11.6 Å². The summed E-state index contributed by atoms with van der Waals surface area (Å²) in [6, 6.07) is 1.97. The van der Waals surface area contributed by atoms with E-state index in [1.165, 1.54) is 0 Å². The molecule has 2 nitrogen and oxygen atoms in total. The molecule has 0 aliphatic carbocycles. The molecule has 0 saturated heterocycles. The number of hydrogen-bond donors (Lipinski definition) is 0. The fourth-order valence-electron chi connectivity index (χ4n) is 0.869. The van der Waals surface area contributed by atoms with Gasteiger partial charge in [0.1, 0.15) is 11.6 Å². The molecule has 0 heterocycles. The quantitative estimate of drug-likeness (QED) is 0.588. The molecule has 15 heavy (non-hydrogen) atoms. The highest BCUT2D eigenvalue weighted by Crippen LogP contribution is 2.27. The van der Waals surface area contributed by atoms with Gasteiger partial charge in [-0.1, -0.05) is 0 Å². The second-order valence-electron chi connectivity index (χ2n) is 2.46. The Kier molecular flexibility index (Phi) is 3.18. The van der Waals surface area contributed by atoms with Gasteiger partial charge in [-0.15, -0.1) is 13.2 Å². The average molecular weight is 243 g/mol. The first kappa shape index (κ1) is 11.8. The zero-order valence-electron chi connectivity index (χ0n) is 6.94. The lowest BCUT2D eigenvalue weighted by molar-refractivity contribution is -0.274. The van der Waals surface area contributed by atoms with Crippen LogP contribution in [0.3, 0.4) is 0 Å². The smallest absolute Gasteiger partial charge is 0.405 e. The Morgan fingerprint density at radius 1 is 1.33 bits per heavy atom. The van der Waals surface area contributed by atoms with E-state index in [1.54, 1.807) is 0 Å². The molecule has 0 fully saturated rings. The molecule has 0 bridgehead atoms. The van der Waals surface area contributed by atoms with Gasteiger partial charge in [-0.25, -0.2) is 4.39 Å². The van der Waals surface area contributed by atoms with E-state index in [0.717, 1.165) is 6.07 Å². The number of halogens is 5. The van der Waals surface area contributed by atoms with Gasteiger partial charge in [0.05, 0.1) is 5.56 Å². The van der Waals surface area contributed by atoms with Gasteiger partial charge < -0.3 is 4.74 Å². The lowest BCUT2D eigenvalue weighted by atomic mass is 10.2. The average Bonchev–Trinajstić information content (AvgIpc) is 2.05. The highest BCUT2D eigenvalue weighted by atomic mass is 35.5. The molecular weight excluding hydrogens is 240 g/mol. The second-order valence-corrected chi connectivity index (χ2v) is 2.81. The monoisotopic (exact) mass is 242 g/mol. The van der Waals surface area contributed by atoms with Crippen molar-refractivity contribution in [1.29, 1.82) is 0 Å². The van der Waals surface area contributed by atoms with Gasteiger partial charge in [0.2, 0.25) is 0 Å². The van der Waals surface area contributed by atoms with Crippen molar-refractivity contribution in [2.24, 2.45) is 0 Å². The second kappa shape index (κ2) is 4.06. The summed E-state index contributed by atoms with van der Waals surface area (Å²) >= 11 is 4.96. The molecular formula is C8H3ClF4O2. The summed E-state index contributed by atoms with van der Waals surface area (Å²) in [5, 5.41) is -1.23. The molecule has 0 unspecified atom stereocenters. The van der Waals surface area contributed by atoms with Gasteiger partial charge in [-0.2, -0.15) is 0 Å².